The monoisotopic (exact) mass is 273 g/mol. The van der Waals surface area contributed by atoms with E-state index in [1.807, 2.05) is 30.3 Å². The molecule has 0 bridgehead atoms. The van der Waals surface area contributed by atoms with Crippen LogP contribution in [0.5, 0.6) is 0 Å². The van der Waals surface area contributed by atoms with Crippen molar-refractivity contribution in [1.29, 1.82) is 0 Å². The van der Waals surface area contributed by atoms with Crippen LogP contribution in [0.25, 0.3) is 11.5 Å². The highest BCUT2D eigenvalue weighted by Gasteiger charge is 2.37. The van der Waals surface area contributed by atoms with Crippen molar-refractivity contribution in [2.24, 2.45) is 5.92 Å². The van der Waals surface area contributed by atoms with E-state index in [0.717, 1.165) is 5.56 Å². The van der Waals surface area contributed by atoms with E-state index < -0.39 is 11.9 Å². The van der Waals surface area contributed by atoms with Gasteiger partial charge in [0.2, 0.25) is 11.8 Å². The predicted molar refractivity (Wildman–Crippen MR) is 67.8 cm³/mol. The van der Waals surface area contributed by atoms with E-state index in [-0.39, 0.29) is 24.9 Å². The van der Waals surface area contributed by atoms with E-state index in [1.165, 1.54) is 4.90 Å². The van der Waals surface area contributed by atoms with Gasteiger partial charge in [-0.2, -0.15) is 0 Å². The van der Waals surface area contributed by atoms with E-state index in [9.17, 15) is 9.59 Å². The molecule has 7 heteroatoms. The van der Waals surface area contributed by atoms with Crippen LogP contribution in [0.4, 0.5) is 6.01 Å². The smallest absolute Gasteiger partial charge is 0.325 e. The molecule has 0 aliphatic carbocycles. The Morgan fingerprint density at radius 3 is 2.70 bits per heavy atom. The number of rotatable bonds is 3. The third-order valence-corrected chi connectivity index (χ3v) is 3.14. The zero-order valence-corrected chi connectivity index (χ0v) is 10.4. The first-order valence-corrected chi connectivity index (χ1v) is 6.07. The maximum atomic E-state index is 11.8. The molecule has 1 unspecified atom stereocenters. The third kappa shape index (κ3) is 2.13. The van der Waals surface area contributed by atoms with Gasteiger partial charge in [0.15, 0.2) is 0 Å². The van der Waals surface area contributed by atoms with Crippen LogP contribution in [-0.2, 0) is 9.59 Å². The summed E-state index contributed by atoms with van der Waals surface area (Å²) in [5, 5.41) is 16.6. The Morgan fingerprint density at radius 2 is 2.05 bits per heavy atom. The van der Waals surface area contributed by atoms with Gasteiger partial charge in [0, 0.05) is 18.5 Å². The van der Waals surface area contributed by atoms with E-state index >= 15 is 0 Å². The van der Waals surface area contributed by atoms with Crippen molar-refractivity contribution in [3.63, 3.8) is 0 Å². The lowest BCUT2D eigenvalue weighted by molar-refractivity contribution is -0.141. The minimum absolute atomic E-state index is 0.0394. The molecule has 1 aromatic carbocycles. The number of carbonyl (C=O) groups is 2. The zero-order chi connectivity index (χ0) is 14.1. The molecule has 0 saturated carbocycles. The second kappa shape index (κ2) is 4.76. The average molecular weight is 273 g/mol. The molecule has 102 valence electrons. The number of carboxylic acid groups (broad SMARTS) is 1. The molecule has 1 aliphatic heterocycles. The highest BCUT2D eigenvalue weighted by Crippen LogP contribution is 2.27. The molecule has 7 nitrogen and oxygen atoms in total. The van der Waals surface area contributed by atoms with Crippen LogP contribution in [0, 0.1) is 5.92 Å². The summed E-state index contributed by atoms with van der Waals surface area (Å²) in [7, 11) is 0. The molecule has 3 rings (SSSR count). The fourth-order valence-corrected chi connectivity index (χ4v) is 2.08. The second-order valence-corrected chi connectivity index (χ2v) is 4.50. The Labute approximate surface area is 113 Å². The quantitative estimate of drug-likeness (QED) is 0.901. The normalized spacial score (nSPS) is 18.5. The summed E-state index contributed by atoms with van der Waals surface area (Å²) in [4.78, 5) is 23.9. The highest BCUT2D eigenvalue weighted by molar-refractivity contribution is 5.97. The van der Waals surface area contributed by atoms with Crippen molar-refractivity contribution in [2.75, 3.05) is 11.4 Å². The van der Waals surface area contributed by atoms with Crippen molar-refractivity contribution in [1.82, 2.24) is 10.2 Å². The molecule has 1 atom stereocenters. The molecule has 1 aromatic heterocycles. The fraction of sp³-hybridized carbons (Fsp3) is 0.231. The van der Waals surface area contributed by atoms with Crippen LogP contribution in [0.1, 0.15) is 6.42 Å². The summed E-state index contributed by atoms with van der Waals surface area (Å²) in [5.41, 5.74) is 0.743. The number of amides is 1. The van der Waals surface area contributed by atoms with Crippen molar-refractivity contribution in [3.8, 4) is 11.5 Å². The van der Waals surface area contributed by atoms with Crippen LogP contribution in [-0.4, -0.2) is 33.7 Å². The average Bonchev–Trinajstić information content (AvgIpc) is 3.06. The van der Waals surface area contributed by atoms with Crippen LogP contribution < -0.4 is 4.90 Å². The first-order chi connectivity index (χ1) is 9.65. The second-order valence-electron chi connectivity index (χ2n) is 4.50. The number of aliphatic carboxylic acids is 1. The van der Waals surface area contributed by atoms with Gasteiger partial charge in [-0.05, 0) is 12.1 Å². The fourth-order valence-electron chi connectivity index (χ4n) is 2.08. The van der Waals surface area contributed by atoms with Gasteiger partial charge in [-0.25, -0.2) is 0 Å². The van der Waals surface area contributed by atoms with Crippen LogP contribution in [0.2, 0.25) is 0 Å². The molecule has 2 heterocycles. The lowest BCUT2D eigenvalue weighted by atomic mass is 10.1. The number of hydrogen-bond donors (Lipinski definition) is 1. The Balaban J connectivity index is 1.84. The summed E-state index contributed by atoms with van der Waals surface area (Å²) in [5.74, 6) is -1.74. The number of carbonyl (C=O) groups excluding carboxylic acids is 1. The molecule has 1 aliphatic rings. The summed E-state index contributed by atoms with van der Waals surface area (Å²) in [6, 6.07) is 9.19. The Bertz CT molecular complexity index is 653. The van der Waals surface area contributed by atoms with Crippen LogP contribution in [0.15, 0.2) is 34.7 Å². The molecule has 20 heavy (non-hydrogen) atoms. The molecule has 1 amide bonds. The molecule has 1 N–H and O–H groups in total. The van der Waals surface area contributed by atoms with Gasteiger partial charge in [0.25, 0.3) is 0 Å². The van der Waals surface area contributed by atoms with E-state index in [4.69, 9.17) is 9.52 Å². The topological polar surface area (TPSA) is 96.5 Å². The minimum atomic E-state index is -0.997. The number of benzene rings is 1. The predicted octanol–water partition coefficient (Wildman–Crippen LogP) is 1.17. The first-order valence-electron chi connectivity index (χ1n) is 6.07. The summed E-state index contributed by atoms with van der Waals surface area (Å²) >= 11 is 0. The van der Waals surface area contributed by atoms with Crippen molar-refractivity contribution in [2.45, 2.75) is 6.42 Å². The SMILES string of the molecule is O=C(O)C1CC(=O)N(c2nnc(-c3ccccc3)o2)C1. The summed E-state index contributed by atoms with van der Waals surface area (Å²) in [6.45, 7) is 0.0601. The van der Waals surface area contributed by atoms with Gasteiger partial charge in [0.1, 0.15) is 0 Å². The highest BCUT2D eigenvalue weighted by atomic mass is 16.4. The van der Waals surface area contributed by atoms with Crippen LogP contribution in [0.3, 0.4) is 0 Å². The largest absolute Gasteiger partial charge is 0.481 e. The van der Waals surface area contributed by atoms with Crippen molar-refractivity contribution < 1.29 is 19.1 Å². The molecule has 0 spiro atoms. The van der Waals surface area contributed by atoms with Gasteiger partial charge < -0.3 is 9.52 Å². The third-order valence-electron chi connectivity index (χ3n) is 3.14. The van der Waals surface area contributed by atoms with Gasteiger partial charge in [-0.3, -0.25) is 14.5 Å². The number of carboxylic acids is 1. The van der Waals surface area contributed by atoms with Crippen molar-refractivity contribution in [3.05, 3.63) is 30.3 Å². The minimum Gasteiger partial charge on any atom is -0.481 e. The van der Waals surface area contributed by atoms with E-state index in [0.29, 0.717) is 5.89 Å². The lowest BCUT2D eigenvalue weighted by Crippen LogP contribution is -2.26. The molecule has 1 saturated heterocycles. The number of nitrogens with zero attached hydrogens (tertiary/aromatic N) is 3. The molecular weight excluding hydrogens is 262 g/mol. The lowest BCUT2D eigenvalue weighted by Gasteiger charge is -2.09. The number of aromatic nitrogens is 2. The number of anilines is 1. The van der Waals surface area contributed by atoms with Gasteiger partial charge >= 0.3 is 12.0 Å². The Hall–Kier alpha value is -2.70. The van der Waals surface area contributed by atoms with Crippen LogP contribution >= 0.6 is 0 Å². The standard InChI is InChI=1S/C13H11N3O4/c17-10-6-9(12(18)19)7-16(10)13-15-14-11(20-13)8-4-2-1-3-5-8/h1-5,9H,6-7H2,(H,18,19). The molecule has 1 fully saturated rings. The van der Waals surface area contributed by atoms with E-state index in [1.54, 1.807) is 0 Å². The summed E-state index contributed by atoms with van der Waals surface area (Å²) < 4.78 is 5.44. The van der Waals surface area contributed by atoms with Crippen molar-refractivity contribution >= 4 is 17.9 Å². The zero-order valence-electron chi connectivity index (χ0n) is 10.4. The van der Waals surface area contributed by atoms with Gasteiger partial charge in [0.05, 0.1) is 5.92 Å². The van der Waals surface area contributed by atoms with E-state index in [2.05, 4.69) is 10.2 Å². The number of hydrogen-bond acceptors (Lipinski definition) is 5. The summed E-state index contributed by atoms with van der Waals surface area (Å²) in [6.07, 6.45) is -0.0433. The first kappa shape index (κ1) is 12.3. The van der Waals surface area contributed by atoms with Gasteiger partial charge in [-0.15, -0.1) is 5.10 Å². The maximum absolute atomic E-state index is 11.8. The maximum Gasteiger partial charge on any atom is 0.325 e. The molecule has 0 radical (unpaired) electrons. The molecular formula is C13H11N3O4. The molecule has 2 aromatic rings. The Morgan fingerprint density at radius 1 is 1.30 bits per heavy atom. The van der Waals surface area contributed by atoms with Gasteiger partial charge in [-0.1, -0.05) is 23.3 Å². The Kier molecular flexibility index (Phi) is 2.94.